The summed E-state index contributed by atoms with van der Waals surface area (Å²) in [5.41, 5.74) is 4.79. The second-order valence-corrected chi connectivity index (χ2v) is 10.0. The largest absolute Gasteiger partial charge is 0.462 e. The minimum absolute atomic E-state index is 0.203. The van der Waals surface area contributed by atoms with Gasteiger partial charge in [0, 0.05) is 24.1 Å². The summed E-state index contributed by atoms with van der Waals surface area (Å²) in [6.45, 7) is 2.15. The van der Waals surface area contributed by atoms with Crippen LogP contribution in [0.3, 0.4) is 0 Å². The van der Waals surface area contributed by atoms with Crippen molar-refractivity contribution < 1.29 is 22.3 Å². The van der Waals surface area contributed by atoms with Crippen molar-refractivity contribution in [2.45, 2.75) is 18.2 Å². The highest BCUT2D eigenvalue weighted by Crippen LogP contribution is 2.31. The van der Waals surface area contributed by atoms with E-state index in [0.29, 0.717) is 12.0 Å². The summed E-state index contributed by atoms with van der Waals surface area (Å²) in [5.74, 6) is -0.714. The van der Waals surface area contributed by atoms with E-state index in [1.807, 2.05) is 23.6 Å². The quantitative estimate of drug-likeness (QED) is 0.335. The Balaban J connectivity index is 1.65. The van der Waals surface area contributed by atoms with Gasteiger partial charge in [0.05, 0.1) is 22.8 Å². The fourth-order valence-corrected chi connectivity index (χ4v) is 4.46. The Bertz CT molecular complexity index is 1410. The van der Waals surface area contributed by atoms with E-state index in [-0.39, 0.29) is 23.3 Å². The zero-order valence-corrected chi connectivity index (χ0v) is 19.7. The summed E-state index contributed by atoms with van der Waals surface area (Å²) in [6.07, 6.45) is 1.66. The van der Waals surface area contributed by atoms with Crippen molar-refractivity contribution in [1.82, 2.24) is 4.57 Å². The number of carbonyl (C=O) groups excluding carboxylic acids is 1. The average Bonchev–Trinajstić information content (AvgIpc) is 3.15. The van der Waals surface area contributed by atoms with Crippen LogP contribution in [-0.2, 0) is 21.0 Å². The smallest absolute Gasteiger partial charge is 0.338 e. The maximum Gasteiger partial charge on any atom is 0.338 e. The summed E-state index contributed by atoms with van der Waals surface area (Å²) < 4.78 is 44.7. The standard InChI is InChI=1S/C27H24FNO4S/c1-19-22(16-17-33-27(30)21-6-4-3-5-7-21)18-26(29(19)24-12-10-23(28)11-13-24)20-8-14-25(15-9-20)34(2,31)32/h3-15,18H,16-17H2,1-2H3. The van der Waals surface area contributed by atoms with E-state index < -0.39 is 9.84 Å². The van der Waals surface area contributed by atoms with Crippen LogP contribution in [0.25, 0.3) is 16.9 Å². The molecule has 174 valence electrons. The van der Waals surface area contributed by atoms with Gasteiger partial charge in [0.2, 0.25) is 0 Å². The fourth-order valence-electron chi connectivity index (χ4n) is 3.83. The van der Waals surface area contributed by atoms with Crippen LogP contribution in [0.1, 0.15) is 21.6 Å². The molecule has 5 nitrogen and oxygen atoms in total. The van der Waals surface area contributed by atoms with E-state index in [1.165, 1.54) is 18.4 Å². The fraction of sp³-hybridized carbons (Fsp3) is 0.148. The predicted octanol–water partition coefficient (Wildman–Crippen LogP) is 5.39. The van der Waals surface area contributed by atoms with Crippen LogP contribution in [-0.4, -0.2) is 31.8 Å². The maximum absolute atomic E-state index is 13.6. The molecular weight excluding hydrogens is 453 g/mol. The molecule has 0 unspecified atom stereocenters. The van der Waals surface area contributed by atoms with Crippen LogP contribution in [0.2, 0.25) is 0 Å². The van der Waals surface area contributed by atoms with Gasteiger partial charge in [-0.05, 0) is 72.6 Å². The van der Waals surface area contributed by atoms with Gasteiger partial charge in [-0.25, -0.2) is 17.6 Å². The lowest BCUT2D eigenvalue weighted by atomic mass is 10.1. The Labute approximate surface area is 198 Å². The van der Waals surface area contributed by atoms with Gasteiger partial charge in [0.25, 0.3) is 0 Å². The number of carbonyl (C=O) groups is 1. The van der Waals surface area contributed by atoms with Gasteiger partial charge in [-0.3, -0.25) is 0 Å². The molecule has 0 aliphatic heterocycles. The van der Waals surface area contributed by atoms with Gasteiger partial charge in [0.15, 0.2) is 9.84 Å². The zero-order valence-electron chi connectivity index (χ0n) is 18.9. The molecule has 0 spiro atoms. The molecule has 0 saturated carbocycles. The molecule has 7 heteroatoms. The molecule has 0 radical (unpaired) electrons. The number of sulfone groups is 1. The molecular formula is C27H24FNO4S. The van der Waals surface area contributed by atoms with Gasteiger partial charge in [-0.1, -0.05) is 30.3 Å². The van der Waals surface area contributed by atoms with Gasteiger partial charge in [-0.2, -0.15) is 0 Å². The molecule has 4 aromatic rings. The van der Waals surface area contributed by atoms with E-state index in [2.05, 4.69) is 0 Å². The van der Waals surface area contributed by atoms with Gasteiger partial charge >= 0.3 is 5.97 Å². The average molecular weight is 478 g/mol. The molecule has 0 aliphatic carbocycles. The second kappa shape index (κ2) is 9.65. The van der Waals surface area contributed by atoms with Crippen molar-refractivity contribution in [3.8, 4) is 16.9 Å². The van der Waals surface area contributed by atoms with Crippen molar-refractivity contribution in [3.63, 3.8) is 0 Å². The molecule has 1 heterocycles. The SMILES string of the molecule is Cc1c(CCOC(=O)c2ccccc2)cc(-c2ccc(S(C)(=O)=O)cc2)n1-c1ccc(F)cc1. The number of ether oxygens (including phenoxy) is 1. The molecule has 0 saturated heterocycles. The highest BCUT2D eigenvalue weighted by Gasteiger charge is 2.17. The first kappa shape index (κ1) is 23.4. The van der Waals surface area contributed by atoms with E-state index in [9.17, 15) is 17.6 Å². The Morgan fingerprint density at radius 3 is 2.21 bits per heavy atom. The Morgan fingerprint density at radius 1 is 0.941 bits per heavy atom. The molecule has 0 bridgehead atoms. The lowest BCUT2D eigenvalue weighted by molar-refractivity contribution is 0.0509. The Hall–Kier alpha value is -3.71. The minimum Gasteiger partial charge on any atom is -0.462 e. The van der Waals surface area contributed by atoms with Crippen molar-refractivity contribution in [3.05, 3.63) is 108 Å². The minimum atomic E-state index is -3.31. The first-order valence-corrected chi connectivity index (χ1v) is 12.6. The van der Waals surface area contributed by atoms with Crippen LogP contribution < -0.4 is 0 Å². The van der Waals surface area contributed by atoms with E-state index >= 15 is 0 Å². The van der Waals surface area contributed by atoms with Gasteiger partial charge in [-0.15, -0.1) is 0 Å². The molecule has 4 rings (SSSR count). The van der Waals surface area contributed by atoms with E-state index in [4.69, 9.17) is 4.74 Å². The van der Waals surface area contributed by atoms with Crippen molar-refractivity contribution >= 4 is 15.8 Å². The number of aromatic nitrogens is 1. The third-order valence-electron chi connectivity index (χ3n) is 5.63. The first-order chi connectivity index (χ1) is 16.2. The Kier molecular flexibility index (Phi) is 6.65. The molecule has 0 fully saturated rings. The number of rotatable bonds is 7. The lowest BCUT2D eigenvalue weighted by Gasteiger charge is -2.13. The molecule has 34 heavy (non-hydrogen) atoms. The van der Waals surface area contributed by atoms with E-state index in [0.717, 1.165) is 28.2 Å². The maximum atomic E-state index is 13.6. The number of benzene rings is 3. The first-order valence-electron chi connectivity index (χ1n) is 10.7. The zero-order chi connectivity index (χ0) is 24.3. The lowest BCUT2D eigenvalue weighted by Crippen LogP contribution is -2.08. The van der Waals surface area contributed by atoms with Crippen LogP contribution >= 0.6 is 0 Å². The monoisotopic (exact) mass is 477 g/mol. The molecule has 0 aliphatic rings. The van der Waals surface area contributed by atoms with Gasteiger partial charge < -0.3 is 9.30 Å². The van der Waals surface area contributed by atoms with Gasteiger partial charge in [0.1, 0.15) is 5.82 Å². The van der Waals surface area contributed by atoms with Crippen molar-refractivity contribution in [2.75, 3.05) is 12.9 Å². The number of halogens is 1. The third kappa shape index (κ3) is 5.10. The summed E-state index contributed by atoms with van der Waals surface area (Å²) in [6, 6.07) is 23.6. The third-order valence-corrected chi connectivity index (χ3v) is 6.76. The van der Waals surface area contributed by atoms with Crippen molar-refractivity contribution in [2.24, 2.45) is 0 Å². The molecule has 0 atom stereocenters. The second-order valence-electron chi connectivity index (χ2n) is 8.00. The highest BCUT2D eigenvalue weighted by atomic mass is 32.2. The molecule has 1 aromatic heterocycles. The summed E-state index contributed by atoms with van der Waals surface area (Å²) in [5, 5.41) is 0. The summed E-state index contributed by atoms with van der Waals surface area (Å²) in [4.78, 5) is 12.5. The topological polar surface area (TPSA) is 65.4 Å². The summed E-state index contributed by atoms with van der Waals surface area (Å²) >= 11 is 0. The Morgan fingerprint density at radius 2 is 1.59 bits per heavy atom. The van der Waals surface area contributed by atoms with E-state index in [1.54, 1.807) is 60.7 Å². The number of esters is 1. The predicted molar refractivity (Wildman–Crippen MR) is 129 cm³/mol. The molecule has 0 amide bonds. The summed E-state index contributed by atoms with van der Waals surface area (Å²) in [7, 11) is -3.31. The number of hydrogen-bond donors (Lipinski definition) is 0. The number of hydrogen-bond acceptors (Lipinski definition) is 4. The normalized spacial score (nSPS) is 11.4. The van der Waals surface area contributed by atoms with Crippen LogP contribution in [0.4, 0.5) is 4.39 Å². The highest BCUT2D eigenvalue weighted by molar-refractivity contribution is 7.90. The number of nitrogens with zero attached hydrogens (tertiary/aromatic N) is 1. The molecule has 3 aromatic carbocycles. The van der Waals surface area contributed by atoms with Crippen LogP contribution in [0, 0.1) is 12.7 Å². The van der Waals surface area contributed by atoms with Crippen LogP contribution in [0.5, 0.6) is 0 Å². The van der Waals surface area contributed by atoms with Crippen molar-refractivity contribution in [1.29, 1.82) is 0 Å². The van der Waals surface area contributed by atoms with Crippen LogP contribution in [0.15, 0.2) is 89.8 Å². The molecule has 0 N–H and O–H groups in total.